The maximum Gasteiger partial charge on any atom is 0.163 e. The van der Waals surface area contributed by atoms with Crippen LogP contribution in [0.2, 0.25) is 0 Å². The molecule has 1 aromatic rings. The average Bonchev–Trinajstić information content (AvgIpc) is 2.46. The van der Waals surface area contributed by atoms with Crippen molar-refractivity contribution < 1.29 is 14.6 Å². The highest BCUT2D eigenvalue weighted by Crippen LogP contribution is 2.21. The second kappa shape index (κ2) is 7.60. The number of allylic oxidation sites excluding steroid dienone is 2. The molecule has 1 heterocycles. The lowest BCUT2D eigenvalue weighted by atomic mass is 10.0. The Kier molecular flexibility index (Phi) is 5.52. The van der Waals surface area contributed by atoms with Gasteiger partial charge in [0.25, 0.3) is 0 Å². The van der Waals surface area contributed by atoms with E-state index in [-0.39, 0.29) is 11.9 Å². The molecule has 0 bridgehead atoms. The summed E-state index contributed by atoms with van der Waals surface area (Å²) >= 11 is 0. The van der Waals surface area contributed by atoms with Gasteiger partial charge in [0.05, 0.1) is 6.10 Å². The molecule has 1 N–H and O–H groups in total. The van der Waals surface area contributed by atoms with Crippen LogP contribution in [0.5, 0.6) is 0 Å². The van der Waals surface area contributed by atoms with E-state index >= 15 is 0 Å². The molecule has 3 heteroatoms. The Labute approximate surface area is 125 Å². The van der Waals surface area contributed by atoms with E-state index in [1.807, 2.05) is 36.4 Å². The number of aliphatic hydroxyl groups is 1. The number of ether oxygens (including phenoxy) is 1. The van der Waals surface area contributed by atoms with Crippen molar-refractivity contribution in [1.29, 1.82) is 0 Å². The monoisotopic (exact) mass is 284 g/mol. The lowest BCUT2D eigenvalue weighted by Gasteiger charge is -2.24. The van der Waals surface area contributed by atoms with Gasteiger partial charge in [0.15, 0.2) is 5.78 Å². The highest BCUT2D eigenvalue weighted by atomic mass is 16.5. The summed E-state index contributed by atoms with van der Waals surface area (Å²) in [6.07, 6.45) is 7.35. The van der Waals surface area contributed by atoms with Gasteiger partial charge in [-0.3, -0.25) is 4.79 Å². The van der Waals surface area contributed by atoms with Crippen molar-refractivity contribution in [2.45, 2.75) is 31.5 Å². The van der Waals surface area contributed by atoms with Gasteiger partial charge in [-0.2, -0.15) is 0 Å². The lowest BCUT2D eigenvalue weighted by molar-refractivity contribution is -0.118. The third-order valence-electron chi connectivity index (χ3n) is 3.25. The summed E-state index contributed by atoms with van der Waals surface area (Å²) in [7, 11) is 0. The Morgan fingerprint density at radius 1 is 1.33 bits per heavy atom. The van der Waals surface area contributed by atoms with Gasteiger partial charge >= 0.3 is 0 Å². The Hall–Kier alpha value is -2.13. The first kappa shape index (κ1) is 15.3. The first-order valence-corrected chi connectivity index (χ1v) is 7.10. The van der Waals surface area contributed by atoms with Gasteiger partial charge < -0.3 is 9.84 Å². The number of ketones is 1. The second-order valence-electron chi connectivity index (χ2n) is 5.11. The molecule has 0 radical (unpaired) electrons. The van der Waals surface area contributed by atoms with Crippen LogP contribution in [-0.4, -0.2) is 23.1 Å². The molecule has 1 aliphatic rings. The zero-order chi connectivity index (χ0) is 15.1. The van der Waals surface area contributed by atoms with Crippen LogP contribution in [0.1, 0.15) is 24.8 Å². The summed E-state index contributed by atoms with van der Waals surface area (Å²) in [5.41, 5.74) is 1.04. The molecule has 0 saturated carbocycles. The zero-order valence-corrected chi connectivity index (χ0v) is 11.9. The fourth-order valence-corrected chi connectivity index (χ4v) is 2.26. The number of hydrogen-bond acceptors (Lipinski definition) is 3. The molecule has 2 atom stereocenters. The van der Waals surface area contributed by atoms with Gasteiger partial charge in [-0.25, -0.2) is 0 Å². The molecule has 0 unspecified atom stereocenters. The number of carbonyl (C=O) groups is 1. The minimum absolute atomic E-state index is 0.0322. The molecule has 1 aromatic carbocycles. The topological polar surface area (TPSA) is 46.5 Å². The third-order valence-corrected chi connectivity index (χ3v) is 3.25. The van der Waals surface area contributed by atoms with Crippen molar-refractivity contribution >= 4 is 11.9 Å². The molecule has 0 saturated heterocycles. The Balaban J connectivity index is 1.98. The van der Waals surface area contributed by atoms with Gasteiger partial charge in [0, 0.05) is 18.9 Å². The van der Waals surface area contributed by atoms with Crippen LogP contribution in [0.4, 0.5) is 0 Å². The van der Waals surface area contributed by atoms with Crippen LogP contribution in [-0.2, 0) is 9.53 Å². The Morgan fingerprint density at radius 2 is 2.10 bits per heavy atom. The standard InChI is InChI=1S/C18H20O3/c1-2-6-15(19)11-18-13-16(20)12-17(21-18)10-9-14-7-4-3-5-8-14/h2-5,7-10,12,15,18-19H,1,6,11,13H2/b10-9+/t15-,18+/m0/s1. The molecule has 3 nitrogen and oxygen atoms in total. The molecule has 21 heavy (non-hydrogen) atoms. The summed E-state index contributed by atoms with van der Waals surface area (Å²) in [5.74, 6) is 0.579. The van der Waals surface area contributed by atoms with Crippen molar-refractivity contribution in [3.05, 3.63) is 66.5 Å². The van der Waals surface area contributed by atoms with E-state index < -0.39 is 6.10 Å². The van der Waals surface area contributed by atoms with Crippen LogP contribution >= 0.6 is 0 Å². The molecule has 0 aromatic heterocycles. The Morgan fingerprint density at radius 3 is 2.81 bits per heavy atom. The minimum Gasteiger partial charge on any atom is -0.490 e. The van der Waals surface area contributed by atoms with Gasteiger partial charge in [-0.1, -0.05) is 42.5 Å². The maximum atomic E-state index is 11.7. The molecule has 0 fully saturated rings. The fraction of sp³-hybridized carbons (Fsp3) is 0.278. The third kappa shape index (κ3) is 5.04. The van der Waals surface area contributed by atoms with Crippen molar-refractivity contribution in [2.24, 2.45) is 0 Å². The molecular formula is C18H20O3. The fourth-order valence-electron chi connectivity index (χ4n) is 2.26. The van der Waals surface area contributed by atoms with Crippen LogP contribution in [0.3, 0.4) is 0 Å². The predicted molar refractivity (Wildman–Crippen MR) is 83.5 cm³/mol. The van der Waals surface area contributed by atoms with Crippen LogP contribution < -0.4 is 0 Å². The smallest absolute Gasteiger partial charge is 0.163 e. The van der Waals surface area contributed by atoms with E-state index in [1.165, 1.54) is 6.08 Å². The molecule has 0 spiro atoms. The van der Waals surface area contributed by atoms with E-state index in [4.69, 9.17) is 4.74 Å². The van der Waals surface area contributed by atoms with Crippen LogP contribution in [0.25, 0.3) is 6.08 Å². The van der Waals surface area contributed by atoms with Gasteiger partial charge in [0.1, 0.15) is 11.9 Å². The van der Waals surface area contributed by atoms with E-state index in [0.29, 0.717) is 25.0 Å². The van der Waals surface area contributed by atoms with Crippen molar-refractivity contribution in [1.82, 2.24) is 0 Å². The number of benzene rings is 1. The van der Waals surface area contributed by atoms with Gasteiger partial charge in [-0.15, -0.1) is 6.58 Å². The highest BCUT2D eigenvalue weighted by Gasteiger charge is 2.23. The van der Waals surface area contributed by atoms with E-state index in [0.717, 1.165) is 5.56 Å². The summed E-state index contributed by atoms with van der Waals surface area (Å²) in [5, 5.41) is 9.78. The highest BCUT2D eigenvalue weighted by molar-refractivity contribution is 5.91. The minimum atomic E-state index is -0.516. The van der Waals surface area contributed by atoms with E-state index in [9.17, 15) is 9.90 Å². The average molecular weight is 284 g/mol. The summed E-state index contributed by atoms with van der Waals surface area (Å²) < 4.78 is 5.75. The zero-order valence-electron chi connectivity index (χ0n) is 11.9. The number of hydrogen-bond donors (Lipinski definition) is 1. The SMILES string of the molecule is C=CC[C@H](O)C[C@@H]1CC(=O)C=C(/C=C/c2ccccc2)O1. The van der Waals surface area contributed by atoms with E-state index in [1.54, 1.807) is 12.2 Å². The van der Waals surface area contributed by atoms with Crippen molar-refractivity contribution in [3.63, 3.8) is 0 Å². The number of carbonyl (C=O) groups excluding carboxylic acids is 1. The van der Waals surface area contributed by atoms with Gasteiger partial charge in [-0.05, 0) is 18.1 Å². The van der Waals surface area contributed by atoms with E-state index in [2.05, 4.69) is 6.58 Å². The first-order chi connectivity index (χ1) is 10.2. The largest absolute Gasteiger partial charge is 0.490 e. The lowest BCUT2D eigenvalue weighted by Crippen LogP contribution is -2.26. The van der Waals surface area contributed by atoms with Crippen LogP contribution in [0.15, 0.2) is 60.9 Å². The van der Waals surface area contributed by atoms with Gasteiger partial charge in [0.2, 0.25) is 0 Å². The maximum absolute atomic E-state index is 11.7. The molecule has 0 amide bonds. The first-order valence-electron chi connectivity index (χ1n) is 7.10. The van der Waals surface area contributed by atoms with Crippen molar-refractivity contribution in [3.8, 4) is 0 Å². The summed E-state index contributed by atoms with van der Waals surface area (Å²) in [6, 6.07) is 9.82. The predicted octanol–water partition coefficient (Wildman–Crippen LogP) is 3.27. The summed E-state index contributed by atoms with van der Waals surface area (Å²) in [6.45, 7) is 3.60. The Bertz CT molecular complexity index is 543. The number of aliphatic hydroxyl groups excluding tert-OH is 1. The molecular weight excluding hydrogens is 264 g/mol. The normalized spacial score (nSPS) is 20.0. The second-order valence-corrected chi connectivity index (χ2v) is 5.11. The van der Waals surface area contributed by atoms with Crippen molar-refractivity contribution in [2.75, 3.05) is 0 Å². The number of rotatable bonds is 6. The molecule has 0 aliphatic carbocycles. The quantitative estimate of drug-likeness (QED) is 0.816. The molecule has 2 rings (SSSR count). The summed E-state index contributed by atoms with van der Waals surface area (Å²) in [4.78, 5) is 11.7. The molecule has 110 valence electrons. The molecule has 1 aliphatic heterocycles. The van der Waals surface area contributed by atoms with Crippen LogP contribution in [0, 0.1) is 0 Å².